The zero-order valence-corrected chi connectivity index (χ0v) is 20.8. The van der Waals surface area contributed by atoms with Gasteiger partial charge in [-0.05, 0) is 72.8 Å². The molecule has 0 spiro atoms. The highest BCUT2D eigenvalue weighted by Crippen LogP contribution is 2.33. The highest BCUT2D eigenvalue weighted by molar-refractivity contribution is 8.18. The number of rotatable bonds is 7. The Morgan fingerprint density at radius 2 is 1.77 bits per heavy atom. The van der Waals surface area contributed by atoms with E-state index in [0.717, 1.165) is 11.1 Å². The van der Waals surface area contributed by atoms with Gasteiger partial charge in [-0.3, -0.25) is 9.69 Å². The van der Waals surface area contributed by atoms with Gasteiger partial charge in [0.2, 0.25) is 0 Å². The molecule has 1 saturated heterocycles. The van der Waals surface area contributed by atoms with Gasteiger partial charge in [0, 0.05) is 17.6 Å². The molecule has 0 unspecified atom stereocenters. The number of aliphatic imine (C=N–C) groups is 1. The summed E-state index contributed by atoms with van der Waals surface area (Å²) in [5.74, 6) is 0.207. The van der Waals surface area contributed by atoms with Gasteiger partial charge in [-0.25, -0.2) is 9.79 Å². The van der Waals surface area contributed by atoms with Crippen molar-refractivity contribution in [3.63, 3.8) is 0 Å². The van der Waals surface area contributed by atoms with Crippen molar-refractivity contribution in [1.29, 1.82) is 0 Å². The molecule has 0 aliphatic carbocycles. The molecule has 0 bridgehead atoms. The molecular weight excluding hydrogens is 484 g/mol. The molecule has 178 valence electrons. The number of thioether (sulfide) groups is 1. The summed E-state index contributed by atoms with van der Waals surface area (Å²) in [5.41, 5.74) is 2.89. The summed E-state index contributed by atoms with van der Waals surface area (Å²) in [7, 11) is 1.69. The highest BCUT2D eigenvalue weighted by atomic mass is 35.5. The predicted octanol–water partition coefficient (Wildman–Crippen LogP) is 6.33. The van der Waals surface area contributed by atoms with Crippen LogP contribution in [0.2, 0.25) is 5.02 Å². The summed E-state index contributed by atoms with van der Waals surface area (Å²) in [5, 5.41) is 1.23. The Morgan fingerprint density at radius 3 is 2.46 bits per heavy atom. The smallest absolute Gasteiger partial charge is 0.338 e. The van der Waals surface area contributed by atoms with Gasteiger partial charge in [0.15, 0.2) is 5.17 Å². The van der Waals surface area contributed by atoms with Crippen molar-refractivity contribution >= 4 is 52.2 Å². The quantitative estimate of drug-likeness (QED) is 0.276. The highest BCUT2D eigenvalue weighted by Gasteiger charge is 2.30. The van der Waals surface area contributed by atoms with Crippen molar-refractivity contribution in [2.45, 2.75) is 13.5 Å². The first-order chi connectivity index (χ1) is 16.9. The summed E-state index contributed by atoms with van der Waals surface area (Å²) in [6.45, 7) is 2.46. The minimum atomic E-state index is -0.375. The number of halogens is 1. The van der Waals surface area contributed by atoms with Crippen molar-refractivity contribution in [1.82, 2.24) is 4.90 Å². The summed E-state index contributed by atoms with van der Waals surface area (Å²) in [4.78, 5) is 31.2. The molecule has 0 aromatic heterocycles. The van der Waals surface area contributed by atoms with Gasteiger partial charge in [-0.15, -0.1) is 0 Å². The maximum Gasteiger partial charge on any atom is 0.338 e. The summed E-state index contributed by atoms with van der Waals surface area (Å²) < 4.78 is 10.8. The van der Waals surface area contributed by atoms with Crippen LogP contribution in [-0.4, -0.2) is 35.6 Å². The first-order valence-electron chi connectivity index (χ1n) is 10.9. The summed E-state index contributed by atoms with van der Waals surface area (Å²) in [6.07, 6.45) is 1.83. The number of benzene rings is 3. The monoisotopic (exact) mass is 506 g/mol. The minimum absolute atomic E-state index is 0.129. The first-order valence-corrected chi connectivity index (χ1v) is 12.1. The molecule has 4 rings (SSSR count). The molecule has 0 radical (unpaired) electrons. The minimum Gasteiger partial charge on any atom is -0.489 e. The van der Waals surface area contributed by atoms with Crippen LogP contribution >= 0.6 is 23.4 Å². The fourth-order valence-electron chi connectivity index (χ4n) is 3.24. The number of esters is 1. The van der Waals surface area contributed by atoms with Gasteiger partial charge in [0.1, 0.15) is 12.4 Å². The number of amides is 1. The van der Waals surface area contributed by atoms with Crippen LogP contribution in [0.3, 0.4) is 0 Å². The van der Waals surface area contributed by atoms with E-state index in [1.807, 2.05) is 54.6 Å². The molecule has 1 aliphatic heterocycles. The Kier molecular flexibility index (Phi) is 7.90. The molecule has 0 atom stereocenters. The van der Waals surface area contributed by atoms with Crippen LogP contribution in [0, 0.1) is 0 Å². The Labute approximate surface area is 213 Å². The van der Waals surface area contributed by atoms with Crippen molar-refractivity contribution in [3.8, 4) is 5.75 Å². The van der Waals surface area contributed by atoms with E-state index in [2.05, 4.69) is 4.99 Å². The fraction of sp³-hybridized carbons (Fsp3) is 0.148. The van der Waals surface area contributed by atoms with Gasteiger partial charge < -0.3 is 9.47 Å². The number of hydrogen-bond acceptors (Lipinski definition) is 6. The predicted molar refractivity (Wildman–Crippen MR) is 140 cm³/mol. The van der Waals surface area contributed by atoms with E-state index in [-0.39, 0.29) is 11.9 Å². The number of carbonyl (C=O) groups is 2. The van der Waals surface area contributed by atoms with Crippen molar-refractivity contribution in [3.05, 3.63) is 99.4 Å². The third-order valence-corrected chi connectivity index (χ3v) is 6.57. The third kappa shape index (κ3) is 6.12. The lowest BCUT2D eigenvalue weighted by Crippen LogP contribution is -2.23. The van der Waals surface area contributed by atoms with E-state index in [1.165, 1.54) is 16.7 Å². The van der Waals surface area contributed by atoms with Gasteiger partial charge in [-0.1, -0.05) is 41.9 Å². The van der Waals surface area contributed by atoms with Crippen LogP contribution in [0.25, 0.3) is 6.08 Å². The fourth-order valence-corrected chi connectivity index (χ4v) is 4.41. The number of ether oxygens (including phenoxy) is 2. The van der Waals surface area contributed by atoms with E-state index < -0.39 is 0 Å². The number of carbonyl (C=O) groups excluding carboxylic acids is 2. The number of amidine groups is 1. The molecule has 3 aromatic rings. The second-order valence-electron chi connectivity index (χ2n) is 7.59. The number of nitrogens with zero attached hydrogens (tertiary/aromatic N) is 2. The second kappa shape index (κ2) is 11.3. The Balaban J connectivity index is 1.42. The number of hydrogen-bond donors (Lipinski definition) is 0. The SMILES string of the molecule is CCOC(=O)c1ccc(N=C2S/C(=C\c3ccc(OCc4ccccc4Cl)cc3)C(=O)N2C)cc1. The molecule has 0 saturated carbocycles. The molecule has 1 aliphatic rings. The second-order valence-corrected chi connectivity index (χ2v) is 9.00. The third-order valence-electron chi connectivity index (χ3n) is 5.14. The summed E-state index contributed by atoms with van der Waals surface area (Å²) in [6, 6.07) is 21.8. The zero-order chi connectivity index (χ0) is 24.8. The van der Waals surface area contributed by atoms with Gasteiger partial charge >= 0.3 is 5.97 Å². The van der Waals surface area contributed by atoms with Crippen LogP contribution < -0.4 is 4.74 Å². The van der Waals surface area contributed by atoms with E-state index in [4.69, 9.17) is 21.1 Å². The molecule has 8 heteroatoms. The van der Waals surface area contributed by atoms with Gasteiger partial charge in [-0.2, -0.15) is 0 Å². The molecule has 3 aromatic carbocycles. The van der Waals surface area contributed by atoms with E-state index in [0.29, 0.717) is 45.3 Å². The normalized spacial score (nSPS) is 15.6. The van der Waals surface area contributed by atoms with Gasteiger partial charge in [0.25, 0.3) is 5.91 Å². The van der Waals surface area contributed by atoms with Crippen molar-refractivity contribution in [2.75, 3.05) is 13.7 Å². The standard InChI is InChI=1S/C27H23ClN2O4S/c1-3-33-26(32)19-10-12-21(13-11-19)29-27-30(2)25(31)24(35-27)16-18-8-14-22(15-9-18)34-17-20-6-4-5-7-23(20)28/h4-16H,3,17H2,1-2H3/b24-16-,29-27?. The van der Waals surface area contributed by atoms with Crippen molar-refractivity contribution in [2.24, 2.45) is 4.99 Å². The molecule has 1 amide bonds. The van der Waals surface area contributed by atoms with Crippen LogP contribution in [0.5, 0.6) is 5.75 Å². The lowest BCUT2D eigenvalue weighted by molar-refractivity contribution is -0.121. The van der Waals surface area contributed by atoms with Crippen LogP contribution in [0.1, 0.15) is 28.4 Å². The average molecular weight is 507 g/mol. The topological polar surface area (TPSA) is 68.2 Å². The molecule has 6 nitrogen and oxygen atoms in total. The molecule has 1 heterocycles. The van der Waals surface area contributed by atoms with Crippen LogP contribution in [0.15, 0.2) is 82.7 Å². The Bertz CT molecular complexity index is 1290. The van der Waals surface area contributed by atoms with E-state index in [1.54, 1.807) is 38.2 Å². The van der Waals surface area contributed by atoms with Crippen LogP contribution in [0.4, 0.5) is 5.69 Å². The maximum atomic E-state index is 12.7. The molecular formula is C27H23ClN2O4S. The van der Waals surface area contributed by atoms with Gasteiger partial charge in [0.05, 0.1) is 22.8 Å². The lowest BCUT2D eigenvalue weighted by atomic mass is 10.2. The Morgan fingerprint density at radius 1 is 1.06 bits per heavy atom. The van der Waals surface area contributed by atoms with E-state index in [9.17, 15) is 9.59 Å². The zero-order valence-electron chi connectivity index (χ0n) is 19.2. The van der Waals surface area contributed by atoms with Crippen molar-refractivity contribution < 1.29 is 19.1 Å². The maximum absolute atomic E-state index is 12.7. The molecule has 35 heavy (non-hydrogen) atoms. The first kappa shape index (κ1) is 24.6. The van der Waals surface area contributed by atoms with Crippen LogP contribution in [-0.2, 0) is 16.1 Å². The average Bonchev–Trinajstić information content (AvgIpc) is 3.12. The molecule has 0 N–H and O–H groups in total. The largest absolute Gasteiger partial charge is 0.489 e. The number of likely N-dealkylation sites (N-methyl/N-ethyl adjacent to an activating group) is 1. The Hall–Kier alpha value is -3.55. The summed E-state index contributed by atoms with van der Waals surface area (Å²) >= 11 is 7.47. The lowest BCUT2D eigenvalue weighted by Gasteiger charge is -2.08. The van der Waals surface area contributed by atoms with E-state index >= 15 is 0 Å². The molecule has 1 fully saturated rings.